The van der Waals surface area contributed by atoms with E-state index in [-0.39, 0.29) is 0 Å². The molecule has 0 amide bonds. The predicted octanol–water partition coefficient (Wildman–Crippen LogP) is 1.92. The van der Waals surface area contributed by atoms with Crippen molar-refractivity contribution in [3.05, 3.63) is 29.8 Å². The second-order valence-corrected chi connectivity index (χ2v) is 4.97. The van der Waals surface area contributed by atoms with Gasteiger partial charge in [0.2, 0.25) is 0 Å². The fraction of sp³-hybridized carbons (Fsp3) is 0.500. The van der Waals surface area contributed by atoms with E-state index in [9.17, 15) is 4.79 Å². The van der Waals surface area contributed by atoms with Gasteiger partial charge >= 0.3 is 5.97 Å². The first-order valence-electron chi connectivity index (χ1n) is 6.40. The maximum Gasteiger partial charge on any atom is 0.335 e. The molecule has 0 aliphatic carbocycles. The first kappa shape index (κ1) is 12.9. The summed E-state index contributed by atoms with van der Waals surface area (Å²) in [6, 6.07) is 7.77. The molecule has 1 saturated heterocycles. The lowest BCUT2D eigenvalue weighted by atomic mass is 10.1. The number of piperazine rings is 1. The van der Waals surface area contributed by atoms with Crippen molar-refractivity contribution in [2.75, 3.05) is 31.1 Å². The molecule has 1 fully saturated rings. The van der Waals surface area contributed by atoms with Crippen LogP contribution in [0.15, 0.2) is 24.3 Å². The monoisotopic (exact) mass is 248 g/mol. The second kappa shape index (κ2) is 5.40. The molecule has 0 radical (unpaired) electrons. The zero-order valence-corrected chi connectivity index (χ0v) is 11.0. The van der Waals surface area contributed by atoms with Crippen molar-refractivity contribution < 1.29 is 9.90 Å². The maximum atomic E-state index is 11.0. The van der Waals surface area contributed by atoms with Gasteiger partial charge in [-0.05, 0) is 32.0 Å². The van der Waals surface area contributed by atoms with Gasteiger partial charge in [0.05, 0.1) is 5.56 Å². The molecule has 0 saturated carbocycles. The molecule has 0 spiro atoms. The molecule has 0 unspecified atom stereocenters. The largest absolute Gasteiger partial charge is 0.478 e. The lowest BCUT2D eigenvalue weighted by molar-refractivity contribution is 0.0697. The summed E-state index contributed by atoms with van der Waals surface area (Å²) in [6.07, 6.45) is 0. The summed E-state index contributed by atoms with van der Waals surface area (Å²) in [4.78, 5) is 15.6. The fourth-order valence-electron chi connectivity index (χ4n) is 2.33. The number of nitrogens with zero attached hydrogens (tertiary/aromatic N) is 2. The molecular weight excluding hydrogens is 228 g/mol. The van der Waals surface area contributed by atoms with Crippen molar-refractivity contribution in [2.24, 2.45) is 0 Å². The van der Waals surface area contributed by atoms with Gasteiger partial charge in [0.15, 0.2) is 0 Å². The molecule has 18 heavy (non-hydrogen) atoms. The van der Waals surface area contributed by atoms with Gasteiger partial charge in [0, 0.05) is 37.9 Å². The van der Waals surface area contributed by atoms with Crippen LogP contribution in [0.1, 0.15) is 24.2 Å². The summed E-state index contributed by atoms with van der Waals surface area (Å²) in [5, 5.41) is 9.00. The molecule has 4 heteroatoms. The molecule has 1 aromatic rings. The van der Waals surface area contributed by atoms with Crippen LogP contribution < -0.4 is 4.90 Å². The van der Waals surface area contributed by atoms with Crippen LogP contribution in [0.3, 0.4) is 0 Å². The van der Waals surface area contributed by atoms with E-state index in [0.717, 1.165) is 31.9 Å². The highest BCUT2D eigenvalue weighted by Gasteiger charge is 2.19. The van der Waals surface area contributed by atoms with Gasteiger partial charge in [0.25, 0.3) is 0 Å². The van der Waals surface area contributed by atoms with Gasteiger partial charge in [0.1, 0.15) is 0 Å². The Morgan fingerprint density at radius 3 is 2.44 bits per heavy atom. The Hall–Kier alpha value is -1.55. The zero-order valence-electron chi connectivity index (χ0n) is 11.0. The number of rotatable bonds is 3. The highest BCUT2D eigenvalue weighted by Crippen LogP contribution is 2.18. The Morgan fingerprint density at radius 1 is 1.22 bits per heavy atom. The van der Waals surface area contributed by atoms with Crippen LogP contribution in [-0.2, 0) is 0 Å². The number of carboxylic acids is 1. The topological polar surface area (TPSA) is 43.8 Å². The van der Waals surface area contributed by atoms with E-state index in [2.05, 4.69) is 23.6 Å². The Bertz CT molecular complexity index is 424. The van der Waals surface area contributed by atoms with Crippen LogP contribution in [0.25, 0.3) is 0 Å². The SMILES string of the molecule is CC(C)N1CCN(c2cccc(C(=O)O)c2)CC1. The quantitative estimate of drug-likeness (QED) is 0.887. The van der Waals surface area contributed by atoms with Crippen LogP contribution in [0.5, 0.6) is 0 Å². The van der Waals surface area contributed by atoms with Gasteiger partial charge in [-0.3, -0.25) is 4.90 Å². The molecule has 98 valence electrons. The van der Waals surface area contributed by atoms with Crippen LogP contribution in [0.2, 0.25) is 0 Å². The predicted molar refractivity (Wildman–Crippen MR) is 72.3 cm³/mol. The smallest absolute Gasteiger partial charge is 0.335 e. The Kier molecular flexibility index (Phi) is 3.87. The van der Waals surface area contributed by atoms with E-state index in [4.69, 9.17) is 5.11 Å². The Labute approximate surface area is 108 Å². The molecule has 4 nitrogen and oxygen atoms in total. The van der Waals surface area contributed by atoms with Crippen LogP contribution in [0, 0.1) is 0 Å². The molecule has 1 heterocycles. The van der Waals surface area contributed by atoms with Gasteiger partial charge in [-0.1, -0.05) is 6.07 Å². The molecule has 0 bridgehead atoms. The number of anilines is 1. The molecule has 1 aliphatic rings. The summed E-state index contributed by atoms with van der Waals surface area (Å²) >= 11 is 0. The first-order chi connectivity index (χ1) is 8.58. The molecule has 2 rings (SSSR count). The third kappa shape index (κ3) is 2.82. The van der Waals surface area contributed by atoms with Crippen LogP contribution in [-0.4, -0.2) is 48.2 Å². The molecule has 0 aromatic heterocycles. The van der Waals surface area contributed by atoms with E-state index in [1.165, 1.54) is 0 Å². The fourth-order valence-corrected chi connectivity index (χ4v) is 2.33. The van der Waals surface area contributed by atoms with Crippen molar-refractivity contribution in [1.29, 1.82) is 0 Å². The average molecular weight is 248 g/mol. The van der Waals surface area contributed by atoms with E-state index < -0.39 is 5.97 Å². The normalized spacial score (nSPS) is 17.2. The lowest BCUT2D eigenvalue weighted by Gasteiger charge is -2.38. The second-order valence-electron chi connectivity index (χ2n) is 4.97. The minimum Gasteiger partial charge on any atom is -0.478 e. The number of carboxylic acid groups (broad SMARTS) is 1. The third-order valence-corrected chi connectivity index (χ3v) is 3.50. The maximum absolute atomic E-state index is 11.0. The van der Waals surface area contributed by atoms with Gasteiger partial charge in [-0.25, -0.2) is 4.79 Å². The number of hydrogen-bond donors (Lipinski definition) is 1. The molecular formula is C14H20N2O2. The standard InChI is InChI=1S/C14H20N2O2/c1-11(2)15-6-8-16(9-7-15)13-5-3-4-12(10-13)14(17)18/h3-5,10-11H,6-9H2,1-2H3,(H,17,18). The summed E-state index contributed by atoms with van der Waals surface area (Å²) in [5.41, 5.74) is 1.37. The molecule has 1 N–H and O–H groups in total. The van der Waals surface area contributed by atoms with Crippen molar-refractivity contribution in [3.8, 4) is 0 Å². The lowest BCUT2D eigenvalue weighted by Crippen LogP contribution is -2.48. The number of carbonyl (C=O) groups is 1. The molecule has 0 atom stereocenters. The van der Waals surface area contributed by atoms with Gasteiger partial charge in [-0.15, -0.1) is 0 Å². The van der Waals surface area contributed by atoms with Crippen LogP contribution >= 0.6 is 0 Å². The number of hydrogen-bond acceptors (Lipinski definition) is 3. The van der Waals surface area contributed by atoms with Crippen molar-refractivity contribution >= 4 is 11.7 Å². The summed E-state index contributed by atoms with van der Waals surface area (Å²) in [7, 11) is 0. The minimum atomic E-state index is -0.863. The molecule has 1 aromatic carbocycles. The van der Waals surface area contributed by atoms with Crippen LogP contribution in [0.4, 0.5) is 5.69 Å². The Morgan fingerprint density at radius 2 is 1.89 bits per heavy atom. The van der Waals surface area contributed by atoms with Gasteiger partial charge < -0.3 is 10.0 Å². The Balaban J connectivity index is 2.05. The zero-order chi connectivity index (χ0) is 13.1. The van der Waals surface area contributed by atoms with E-state index in [0.29, 0.717) is 11.6 Å². The highest BCUT2D eigenvalue weighted by atomic mass is 16.4. The van der Waals surface area contributed by atoms with Crippen molar-refractivity contribution in [2.45, 2.75) is 19.9 Å². The first-order valence-corrected chi connectivity index (χ1v) is 6.40. The average Bonchev–Trinajstić information content (AvgIpc) is 2.39. The summed E-state index contributed by atoms with van der Waals surface area (Å²) in [5.74, 6) is -0.863. The number of aromatic carboxylic acids is 1. The number of benzene rings is 1. The van der Waals surface area contributed by atoms with E-state index >= 15 is 0 Å². The summed E-state index contributed by atoms with van der Waals surface area (Å²) in [6.45, 7) is 8.41. The third-order valence-electron chi connectivity index (χ3n) is 3.50. The summed E-state index contributed by atoms with van der Waals surface area (Å²) < 4.78 is 0. The molecule has 1 aliphatic heterocycles. The van der Waals surface area contributed by atoms with Crippen molar-refractivity contribution in [1.82, 2.24) is 4.90 Å². The minimum absolute atomic E-state index is 0.360. The van der Waals surface area contributed by atoms with E-state index in [1.807, 2.05) is 12.1 Å². The van der Waals surface area contributed by atoms with Crippen molar-refractivity contribution in [3.63, 3.8) is 0 Å². The van der Waals surface area contributed by atoms with Gasteiger partial charge in [-0.2, -0.15) is 0 Å². The van der Waals surface area contributed by atoms with E-state index in [1.54, 1.807) is 12.1 Å². The highest BCUT2D eigenvalue weighted by molar-refractivity contribution is 5.88.